The highest BCUT2D eigenvalue weighted by Crippen LogP contribution is 2.45. The normalized spacial score (nSPS) is 24.8. The average molecular weight is 264 g/mol. The second-order valence-corrected chi connectivity index (χ2v) is 5.84. The molecule has 106 valence electrons. The molecule has 0 amide bonds. The van der Waals surface area contributed by atoms with Crippen LogP contribution in [-0.4, -0.2) is 43.8 Å². The van der Waals surface area contributed by atoms with Gasteiger partial charge in [0.1, 0.15) is 0 Å². The summed E-state index contributed by atoms with van der Waals surface area (Å²) in [6, 6.07) is 0. The highest BCUT2D eigenvalue weighted by molar-refractivity contribution is 4.89. The van der Waals surface area contributed by atoms with E-state index in [1.165, 1.54) is 38.5 Å². The first-order valence-corrected chi connectivity index (χ1v) is 6.99. The second kappa shape index (κ2) is 5.78. The van der Waals surface area contributed by atoms with Crippen LogP contribution in [0.2, 0.25) is 0 Å². The van der Waals surface area contributed by atoms with Crippen molar-refractivity contribution < 1.29 is 13.2 Å². The molecular weight excluding hydrogens is 241 g/mol. The van der Waals surface area contributed by atoms with Gasteiger partial charge in [-0.15, -0.1) is 0 Å². The van der Waals surface area contributed by atoms with Gasteiger partial charge in [0.25, 0.3) is 0 Å². The third kappa shape index (κ3) is 4.12. The van der Waals surface area contributed by atoms with E-state index in [0.717, 1.165) is 19.6 Å². The number of nitrogens with zero attached hydrogens (tertiary/aromatic N) is 1. The van der Waals surface area contributed by atoms with Crippen molar-refractivity contribution in [1.29, 1.82) is 0 Å². The molecule has 0 bridgehead atoms. The van der Waals surface area contributed by atoms with Gasteiger partial charge in [0.15, 0.2) is 0 Å². The number of nitrogens with one attached hydrogen (secondary N) is 1. The Labute approximate surface area is 107 Å². The molecule has 0 aromatic heterocycles. The summed E-state index contributed by atoms with van der Waals surface area (Å²) in [5.74, 6) is 0. The largest absolute Gasteiger partial charge is 0.401 e. The average Bonchev–Trinajstić information content (AvgIpc) is 2.75. The Hall–Kier alpha value is -0.290. The lowest BCUT2D eigenvalue weighted by molar-refractivity contribution is -0.124. The van der Waals surface area contributed by atoms with E-state index in [9.17, 15) is 13.2 Å². The summed E-state index contributed by atoms with van der Waals surface area (Å²) in [4.78, 5) is 2.30. The molecule has 18 heavy (non-hydrogen) atoms. The lowest BCUT2D eigenvalue weighted by Gasteiger charge is -2.39. The molecule has 1 spiro atoms. The zero-order valence-electron chi connectivity index (χ0n) is 10.9. The topological polar surface area (TPSA) is 15.3 Å². The number of hydrogen-bond donors (Lipinski definition) is 1. The van der Waals surface area contributed by atoms with Crippen LogP contribution in [0.4, 0.5) is 13.2 Å². The molecule has 0 aromatic carbocycles. The number of rotatable bonds is 4. The number of halogens is 3. The van der Waals surface area contributed by atoms with Crippen LogP contribution in [0.3, 0.4) is 0 Å². The summed E-state index contributed by atoms with van der Waals surface area (Å²) in [6.07, 6.45) is 3.87. The monoisotopic (exact) mass is 264 g/mol. The minimum absolute atomic E-state index is 0.437. The molecule has 1 heterocycles. The molecule has 1 N–H and O–H groups in total. The second-order valence-electron chi connectivity index (χ2n) is 5.84. The Bertz CT molecular complexity index is 249. The molecule has 1 aliphatic carbocycles. The van der Waals surface area contributed by atoms with Crippen molar-refractivity contribution in [3.63, 3.8) is 0 Å². The highest BCUT2D eigenvalue weighted by Gasteiger charge is 2.36. The van der Waals surface area contributed by atoms with Crippen LogP contribution in [0.1, 0.15) is 38.5 Å². The fraction of sp³-hybridized carbons (Fsp3) is 1.00. The summed E-state index contributed by atoms with van der Waals surface area (Å²) in [7, 11) is 0. The highest BCUT2D eigenvalue weighted by atomic mass is 19.4. The van der Waals surface area contributed by atoms with E-state index >= 15 is 0 Å². The zero-order chi connectivity index (χ0) is 13.1. The lowest BCUT2D eigenvalue weighted by atomic mass is 9.77. The lowest BCUT2D eigenvalue weighted by Crippen LogP contribution is -2.42. The summed E-state index contributed by atoms with van der Waals surface area (Å²) in [6.45, 7) is 2.44. The SMILES string of the molecule is FC(F)(F)CNCCN1CCC2(CCCC2)CC1. The van der Waals surface area contributed by atoms with Crippen molar-refractivity contribution in [3.05, 3.63) is 0 Å². The Morgan fingerprint density at radius 3 is 2.17 bits per heavy atom. The van der Waals surface area contributed by atoms with Gasteiger partial charge in [-0.2, -0.15) is 13.2 Å². The van der Waals surface area contributed by atoms with Gasteiger partial charge in [-0.3, -0.25) is 0 Å². The fourth-order valence-corrected chi connectivity index (χ4v) is 3.34. The van der Waals surface area contributed by atoms with E-state index in [0.29, 0.717) is 12.0 Å². The molecule has 5 heteroatoms. The summed E-state index contributed by atoms with van der Waals surface area (Å²) in [5.41, 5.74) is 0.593. The molecule has 0 atom stereocenters. The van der Waals surface area contributed by atoms with Crippen LogP contribution in [0.15, 0.2) is 0 Å². The van der Waals surface area contributed by atoms with Crippen molar-refractivity contribution in [2.24, 2.45) is 5.41 Å². The zero-order valence-corrected chi connectivity index (χ0v) is 10.9. The van der Waals surface area contributed by atoms with Crippen molar-refractivity contribution in [2.75, 3.05) is 32.7 Å². The molecule has 1 saturated carbocycles. The van der Waals surface area contributed by atoms with Crippen molar-refractivity contribution in [3.8, 4) is 0 Å². The molecule has 1 aliphatic heterocycles. The smallest absolute Gasteiger partial charge is 0.307 e. The van der Waals surface area contributed by atoms with Gasteiger partial charge in [-0.25, -0.2) is 0 Å². The minimum Gasteiger partial charge on any atom is -0.307 e. The Morgan fingerprint density at radius 2 is 1.61 bits per heavy atom. The maximum atomic E-state index is 11.9. The van der Waals surface area contributed by atoms with Gasteiger partial charge < -0.3 is 10.2 Å². The number of alkyl halides is 3. The van der Waals surface area contributed by atoms with Crippen LogP contribution in [-0.2, 0) is 0 Å². The molecule has 2 fully saturated rings. The first kappa shape index (κ1) is 14.1. The Morgan fingerprint density at radius 1 is 1.00 bits per heavy atom. The van der Waals surface area contributed by atoms with Crippen LogP contribution in [0, 0.1) is 5.41 Å². The standard InChI is InChI=1S/C13H23F3N2/c14-13(15,16)11-17-7-10-18-8-5-12(6-9-18)3-1-2-4-12/h17H,1-11H2. The predicted molar refractivity (Wildman–Crippen MR) is 65.5 cm³/mol. The van der Waals surface area contributed by atoms with Crippen molar-refractivity contribution in [2.45, 2.75) is 44.7 Å². The Kier molecular flexibility index (Phi) is 4.54. The van der Waals surface area contributed by atoms with Crippen LogP contribution in [0.25, 0.3) is 0 Å². The molecule has 2 aliphatic rings. The van der Waals surface area contributed by atoms with Gasteiger partial charge >= 0.3 is 6.18 Å². The van der Waals surface area contributed by atoms with Crippen LogP contribution >= 0.6 is 0 Å². The van der Waals surface area contributed by atoms with E-state index in [2.05, 4.69) is 10.2 Å². The van der Waals surface area contributed by atoms with E-state index in [1.807, 2.05) is 0 Å². The molecule has 0 radical (unpaired) electrons. The first-order valence-electron chi connectivity index (χ1n) is 6.99. The van der Waals surface area contributed by atoms with Crippen molar-refractivity contribution >= 4 is 0 Å². The molecule has 2 nitrogen and oxygen atoms in total. The summed E-state index contributed by atoms with van der Waals surface area (Å²) >= 11 is 0. The van der Waals surface area contributed by atoms with Gasteiger partial charge in [0.2, 0.25) is 0 Å². The molecule has 0 unspecified atom stereocenters. The Balaban J connectivity index is 1.59. The van der Waals surface area contributed by atoms with E-state index in [4.69, 9.17) is 0 Å². The maximum absolute atomic E-state index is 11.9. The van der Waals surface area contributed by atoms with Gasteiger partial charge in [0, 0.05) is 13.1 Å². The van der Waals surface area contributed by atoms with Crippen LogP contribution in [0.5, 0.6) is 0 Å². The van der Waals surface area contributed by atoms with Gasteiger partial charge in [0.05, 0.1) is 6.54 Å². The number of piperidine rings is 1. The molecule has 0 aromatic rings. The number of likely N-dealkylation sites (tertiary alicyclic amines) is 1. The van der Waals surface area contributed by atoms with E-state index in [1.54, 1.807) is 0 Å². The first-order chi connectivity index (χ1) is 8.49. The third-order valence-corrected chi connectivity index (χ3v) is 4.51. The maximum Gasteiger partial charge on any atom is 0.401 e. The quantitative estimate of drug-likeness (QED) is 0.785. The molecular formula is C13H23F3N2. The minimum atomic E-state index is -4.09. The van der Waals surface area contributed by atoms with E-state index in [-0.39, 0.29) is 0 Å². The molecule has 2 rings (SSSR count). The van der Waals surface area contributed by atoms with Crippen LogP contribution < -0.4 is 5.32 Å². The fourth-order valence-electron chi connectivity index (χ4n) is 3.34. The summed E-state index contributed by atoms with van der Waals surface area (Å²) < 4.78 is 35.8. The van der Waals surface area contributed by atoms with Gasteiger partial charge in [-0.1, -0.05) is 12.8 Å². The predicted octanol–water partition coefficient (Wildman–Crippen LogP) is 2.79. The molecule has 1 saturated heterocycles. The van der Waals surface area contributed by atoms with E-state index < -0.39 is 12.7 Å². The summed E-state index contributed by atoms with van der Waals surface area (Å²) in [5, 5.41) is 2.47. The number of hydrogen-bond acceptors (Lipinski definition) is 2. The van der Waals surface area contributed by atoms with Gasteiger partial charge in [-0.05, 0) is 44.2 Å². The van der Waals surface area contributed by atoms with Crippen molar-refractivity contribution in [1.82, 2.24) is 10.2 Å². The third-order valence-electron chi connectivity index (χ3n) is 4.51.